The van der Waals surface area contributed by atoms with Crippen LogP contribution >= 0.6 is 12.4 Å². The van der Waals surface area contributed by atoms with Gasteiger partial charge in [-0.2, -0.15) is 0 Å². The van der Waals surface area contributed by atoms with Crippen LogP contribution in [0.2, 0.25) is 0 Å². The Morgan fingerprint density at radius 2 is 1.87 bits per heavy atom. The van der Waals surface area contributed by atoms with E-state index in [-0.39, 0.29) is 30.8 Å². The largest absolute Gasteiger partial charge is 0.493 e. The standard InChI is InChI=1S/C16H24N2O4.ClH/c1-20-13-7-11(8-14(21-2)16(13)22-3)9-15(19)18-12-5-4-6-17-10-12;/h7-8,12,17H,4-6,9-10H2,1-3H3,(H,18,19);1H. The molecule has 0 radical (unpaired) electrons. The summed E-state index contributed by atoms with van der Waals surface area (Å²) in [5.41, 5.74) is 0.829. The molecule has 130 valence electrons. The summed E-state index contributed by atoms with van der Waals surface area (Å²) in [6.07, 6.45) is 2.40. The summed E-state index contributed by atoms with van der Waals surface area (Å²) in [5.74, 6) is 1.65. The van der Waals surface area contributed by atoms with Crippen molar-refractivity contribution in [1.82, 2.24) is 10.6 Å². The van der Waals surface area contributed by atoms with E-state index in [1.54, 1.807) is 33.5 Å². The van der Waals surface area contributed by atoms with E-state index in [1.807, 2.05) is 0 Å². The molecule has 1 aliphatic heterocycles. The number of methoxy groups -OCH3 is 3. The zero-order chi connectivity index (χ0) is 15.9. The number of nitrogens with one attached hydrogen (secondary N) is 2. The second-order valence-corrected chi connectivity index (χ2v) is 5.32. The fraction of sp³-hybridized carbons (Fsp3) is 0.562. The van der Waals surface area contributed by atoms with Gasteiger partial charge in [0.15, 0.2) is 11.5 Å². The molecule has 2 N–H and O–H groups in total. The summed E-state index contributed by atoms with van der Waals surface area (Å²) in [5, 5.41) is 6.34. The molecule has 0 spiro atoms. The number of hydrogen-bond donors (Lipinski definition) is 2. The Balaban J connectivity index is 0.00000264. The topological polar surface area (TPSA) is 68.8 Å². The molecule has 1 atom stereocenters. The van der Waals surface area contributed by atoms with E-state index in [1.165, 1.54) is 0 Å². The van der Waals surface area contributed by atoms with E-state index in [2.05, 4.69) is 10.6 Å². The predicted molar refractivity (Wildman–Crippen MR) is 91.1 cm³/mol. The molecular formula is C16H25ClN2O4. The SMILES string of the molecule is COc1cc(CC(=O)NC2CCCNC2)cc(OC)c1OC.Cl. The van der Waals surface area contributed by atoms with Gasteiger partial charge in [0.2, 0.25) is 11.7 Å². The van der Waals surface area contributed by atoms with E-state index in [0.717, 1.165) is 31.5 Å². The molecule has 0 aliphatic carbocycles. The lowest BCUT2D eigenvalue weighted by Crippen LogP contribution is -2.46. The zero-order valence-electron chi connectivity index (χ0n) is 13.8. The molecule has 6 nitrogen and oxygen atoms in total. The average Bonchev–Trinajstić information content (AvgIpc) is 2.54. The Labute approximate surface area is 143 Å². The van der Waals surface area contributed by atoms with Crippen molar-refractivity contribution in [1.29, 1.82) is 0 Å². The lowest BCUT2D eigenvalue weighted by Gasteiger charge is -2.24. The Morgan fingerprint density at radius 3 is 2.35 bits per heavy atom. The van der Waals surface area contributed by atoms with Crippen LogP contribution < -0.4 is 24.8 Å². The molecule has 1 heterocycles. The van der Waals surface area contributed by atoms with Gasteiger partial charge in [-0.15, -0.1) is 12.4 Å². The van der Waals surface area contributed by atoms with E-state index in [4.69, 9.17) is 14.2 Å². The average molecular weight is 345 g/mol. The maximum atomic E-state index is 12.2. The molecule has 1 aromatic carbocycles. The van der Waals surface area contributed by atoms with Crippen LogP contribution in [0, 0.1) is 0 Å². The maximum Gasteiger partial charge on any atom is 0.224 e. The molecule has 1 aromatic rings. The van der Waals surface area contributed by atoms with E-state index < -0.39 is 0 Å². The number of benzene rings is 1. The molecule has 1 unspecified atom stereocenters. The third kappa shape index (κ3) is 5.18. The van der Waals surface area contributed by atoms with Crippen LogP contribution in [0.4, 0.5) is 0 Å². The maximum absolute atomic E-state index is 12.2. The minimum atomic E-state index is 0. The molecule has 1 aliphatic rings. The summed E-state index contributed by atoms with van der Waals surface area (Å²) in [4.78, 5) is 12.2. The lowest BCUT2D eigenvalue weighted by molar-refractivity contribution is -0.121. The van der Waals surface area contributed by atoms with Crippen molar-refractivity contribution < 1.29 is 19.0 Å². The molecule has 0 bridgehead atoms. The van der Waals surface area contributed by atoms with Crippen LogP contribution in [0.3, 0.4) is 0 Å². The summed E-state index contributed by atoms with van der Waals surface area (Å²) in [6, 6.07) is 3.82. The number of carbonyl (C=O) groups is 1. The molecule has 7 heteroatoms. The van der Waals surface area contributed by atoms with Crippen molar-refractivity contribution in [2.24, 2.45) is 0 Å². The highest BCUT2D eigenvalue weighted by Crippen LogP contribution is 2.38. The monoisotopic (exact) mass is 344 g/mol. The molecular weight excluding hydrogens is 320 g/mol. The van der Waals surface area contributed by atoms with Gasteiger partial charge in [-0.05, 0) is 37.1 Å². The number of amides is 1. The first-order valence-corrected chi connectivity index (χ1v) is 7.47. The second-order valence-electron chi connectivity index (χ2n) is 5.32. The van der Waals surface area contributed by atoms with Gasteiger partial charge in [-0.1, -0.05) is 0 Å². The number of carbonyl (C=O) groups excluding carboxylic acids is 1. The first-order chi connectivity index (χ1) is 10.7. The third-order valence-electron chi connectivity index (χ3n) is 3.75. The first-order valence-electron chi connectivity index (χ1n) is 7.47. The zero-order valence-corrected chi connectivity index (χ0v) is 14.6. The minimum absolute atomic E-state index is 0. The Hall–Kier alpha value is -1.66. The molecule has 2 rings (SSSR count). The smallest absolute Gasteiger partial charge is 0.224 e. The van der Waals surface area contributed by atoms with Crippen LogP contribution in [0.25, 0.3) is 0 Å². The summed E-state index contributed by atoms with van der Waals surface area (Å²) in [6.45, 7) is 1.86. The van der Waals surface area contributed by atoms with Gasteiger partial charge >= 0.3 is 0 Å². The van der Waals surface area contributed by atoms with Gasteiger partial charge in [0.1, 0.15) is 0 Å². The third-order valence-corrected chi connectivity index (χ3v) is 3.75. The number of piperidine rings is 1. The van der Waals surface area contributed by atoms with Crippen molar-refractivity contribution in [3.8, 4) is 17.2 Å². The van der Waals surface area contributed by atoms with Crippen molar-refractivity contribution >= 4 is 18.3 Å². The molecule has 1 amide bonds. The summed E-state index contributed by atoms with van der Waals surface area (Å²) < 4.78 is 15.9. The number of halogens is 1. The van der Waals surface area contributed by atoms with Crippen molar-refractivity contribution in [2.75, 3.05) is 34.4 Å². The van der Waals surface area contributed by atoms with E-state index >= 15 is 0 Å². The Morgan fingerprint density at radius 1 is 1.22 bits per heavy atom. The quantitative estimate of drug-likeness (QED) is 0.819. The fourth-order valence-corrected chi connectivity index (χ4v) is 2.68. The normalized spacial score (nSPS) is 16.9. The molecule has 23 heavy (non-hydrogen) atoms. The van der Waals surface area contributed by atoms with Gasteiger partial charge in [0, 0.05) is 12.6 Å². The number of rotatable bonds is 6. The molecule has 1 saturated heterocycles. The first kappa shape index (κ1) is 19.4. The predicted octanol–water partition coefficient (Wildman–Crippen LogP) is 1.54. The summed E-state index contributed by atoms with van der Waals surface area (Å²) >= 11 is 0. The van der Waals surface area contributed by atoms with E-state index in [9.17, 15) is 4.79 Å². The van der Waals surface area contributed by atoms with Crippen LogP contribution in [0.1, 0.15) is 18.4 Å². The minimum Gasteiger partial charge on any atom is -0.493 e. The highest BCUT2D eigenvalue weighted by molar-refractivity contribution is 5.85. The lowest BCUT2D eigenvalue weighted by atomic mass is 10.1. The van der Waals surface area contributed by atoms with Gasteiger partial charge < -0.3 is 24.8 Å². The van der Waals surface area contributed by atoms with Gasteiger partial charge in [0.05, 0.1) is 27.8 Å². The molecule has 1 fully saturated rings. The van der Waals surface area contributed by atoms with Crippen LogP contribution in [-0.2, 0) is 11.2 Å². The van der Waals surface area contributed by atoms with Gasteiger partial charge in [-0.3, -0.25) is 4.79 Å². The van der Waals surface area contributed by atoms with Crippen molar-refractivity contribution in [3.05, 3.63) is 17.7 Å². The van der Waals surface area contributed by atoms with Gasteiger partial charge in [-0.25, -0.2) is 0 Å². The van der Waals surface area contributed by atoms with Crippen LogP contribution in [0.15, 0.2) is 12.1 Å². The number of hydrogen-bond acceptors (Lipinski definition) is 5. The number of ether oxygens (including phenoxy) is 3. The van der Waals surface area contributed by atoms with Crippen LogP contribution in [0.5, 0.6) is 17.2 Å². The molecule has 0 saturated carbocycles. The van der Waals surface area contributed by atoms with Crippen LogP contribution in [-0.4, -0.2) is 46.4 Å². The highest BCUT2D eigenvalue weighted by atomic mass is 35.5. The van der Waals surface area contributed by atoms with E-state index in [0.29, 0.717) is 17.2 Å². The Kier molecular flexibility index (Phi) is 7.98. The van der Waals surface area contributed by atoms with Crippen molar-refractivity contribution in [3.63, 3.8) is 0 Å². The highest BCUT2D eigenvalue weighted by Gasteiger charge is 2.18. The fourth-order valence-electron chi connectivity index (χ4n) is 2.68. The second kappa shape index (κ2) is 9.47. The summed E-state index contributed by atoms with van der Waals surface area (Å²) in [7, 11) is 4.69. The van der Waals surface area contributed by atoms with Gasteiger partial charge in [0.25, 0.3) is 0 Å². The Bertz CT molecular complexity index is 494. The molecule has 0 aromatic heterocycles. The van der Waals surface area contributed by atoms with Crippen molar-refractivity contribution in [2.45, 2.75) is 25.3 Å².